The maximum absolute atomic E-state index is 13.2. The minimum atomic E-state index is 0.271. The number of hydrogen-bond acceptors (Lipinski definition) is 3. The van der Waals surface area contributed by atoms with Crippen molar-refractivity contribution in [2.75, 3.05) is 39.9 Å². The number of piperidine rings is 2. The van der Waals surface area contributed by atoms with E-state index in [1.165, 1.54) is 61.7 Å². The van der Waals surface area contributed by atoms with Crippen molar-refractivity contribution in [2.45, 2.75) is 51.0 Å². The minimum absolute atomic E-state index is 0.271. The van der Waals surface area contributed by atoms with Gasteiger partial charge >= 0.3 is 0 Å². The van der Waals surface area contributed by atoms with E-state index in [1.807, 2.05) is 0 Å². The fraction of sp³-hybridized carbons (Fsp3) is 0.640. The van der Waals surface area contributed by atoms with Gasteiger partial charge in [0.05, 0.1) is 6.61 Å². The summed E-state index contributed by atoms with van der Waals surface area (Å²) in [4.78, 5) is 18.0. The summed E-state index contributed by atoms with van der Waals surface area (Å²) in [6.45, 7) is 4.69. The molecule has 1 aromatic heterocycles. The van der Waals surface area contributed by atoms with Crippen LogP contribution < -0.4 is 0 Å². The summed E-state index contributed by atoms with van der Waals surface area (Å²) in [5.74, 6) is 0.880. The zero-order valence-electron chi connectivity index (χ0n) is 18.7. The number of ether oxygens (including phenoxy) is 1. The van der Waals surface area contributed by atoms with E-state index < -0.39 is 0 Å². The Bertz CT molecular complexity index is 844. The lowest BCUT2D eigenvalue weighted by molar-refractivity contribution is -0.133. The van der Waals surface area contributed by atoms with E-state index in [0.717, 1.165) is 13.0 Å². The molecule has 0 saturated carbocycles. The van der Waals surface area contributed by atoms with Gasteiger partial charge < -0.3 is 19.1 Å². The number of rotatable bonds is 8. The van der Waals surface area contributed by atoms with Gasteiger partial charge in [0.2, 0.25) is 5.91 Å². The first kappa shape index (κ1) is 21.4. The van der Waals surface area contributed by atoms with Gasteiger partial charge in [-0.15, -0.1) is 0 Å². The summed E-state index contributed by atoms with van der Waals surface area (Å²) >= 11 is 0. The fourth-order valence-corrected chi connectivity index (χ4v) is 5.62. The number of carbonyl (C=O) groups is 1. The molecule has 0 bridgehead atoms. The largest absolute Gasteiger partial charge is 0.383 e. The van der Waals surface area contributed by atoms with Crippen LogP contribution in [-0.2, 0) is 23.0 Å². The van der Waals surface area contributed by atoms with Crippen LogP contribution in [0.15, 0.2) is 30.5 Å². The summed E-state index contributed by atoms with van der Waals surface area (Å²) in [6, 6.07) is 9.13. The molecule has 164 valence electrons. The van der Waals surface area contributed by atoms with E-state index in [1.54, 1.807) is 7.11 Å². The molecule has 2 aliphatic heterocycles. The molecule has 2 atom stereocenters. The standard InChI is InChI=1S/C25H37N3O2/c1-26-18-20(22-9-3-4-11-24(22)26)12-13-25(29)28(16-17-30-2)19-21-8-7-15-27-14-6-5-10-23(21)27/h3-4,9,11,18,21,23H,5-8,10,12-17,19H2,1-2H3/t21-,23+/m0/s1. The SMILES string of the molecule is COCCN(C[C@@H]1CCCN2CCCC[C@H]12)C(=O)CCc1cn(C)c2ccccc12. The smallest absolute Gasteiger partial charge is 0.222 e. The third-order valence-corrected chi connectivity index (χ3v) is 7.19. The Morgan fingerprint density at radius 1 is 1.17 bits per heavy atom. The number of methoxy groups -OCH3 is 1. The fourth-order valence-electron chi connectivity index (χ4n) is 5.62. The summed E-state index contributed by atoms with van der Waals surface area (Å²) in [7, 11) is 3.81. The van der Waals surface area contributed by atoms with Crippen LogP contribution in [-0.4, -0.2) is 66.2 Å². The highest BCUT2D eigenvalue weighted by atomic mass is 16.5. The van der Waals surface area contributed by atoms with Crippen LogP contribution in [0.2, 0.25) is 0 Å². The maximum atomic E-state index is 13.2. The summed E-state index contributed by atoms with van der Waals surface area (Å²) in [5, 5.41) is 1.27. The van der Waals surface area contributed by atoms with Crippen LogP contribution in [0.4, 0.5) is 0 Å². The maximum Gasteiger partial charge on any atom is 0.222 e. The van der Waals surface area contributed by atoms with Gasteiger partial charge in [0.15, 0.2) is 0 Å². The second-order valence-electron chi connectivity index (χ2n) is 9.12. The number of fused-ring (bicyclic) bond motifs is 2. The molecule has 2 saturated heterocycles. The van der Waals surface area contributed by atoms with Crippen LogP contribution in [0, 0.1) is 5.92 Å². The Labute approximate surface area is 181 Å². The van der Waals surface area contributed by atoms with E-state index in [4.69, 9.17) is 4.74 Å². The van der Waals surface area contributed by atoms with Crippen molar-refractivity contribution in [3.8, 4) is 0 Å². The zero-order chi connectivity index (χ0) is 20.9. The predicted molar refractivity (Wildman–Crippen MR) is 122 cm³/mol. The molecule has 5 heteroatoms. The average molecular weight is 412 g/mol. The Morgan fingerprint density at radius 3 is 2.87 bits per heavy atom. The Morgan fingerprint density at radius 2 is 2.00 bits per heavy atom. The molecular formula is C25H37N3O2. The van der Waals surface area contributed by atoms with Crippen LogP contribution in [0.1, 0.15) is 44.1 Å². The summed E-state index contributed by atoms with van der Waals surface area (Å²) in [5.41, 5.74) is 2.50. The van der Waals surface area contributed by atoms with E-state index in [9.17, 15) is 4.79 Å². The Kier molecular flexibility index (Phi) is 7.11. The lowest BCUT2D eigenvalue weighted by Gasteiger charge is -2.45. The molecule has 5 nitrogen and oxygen atoms in total. The number of carbonyl (C=O) groups excluding carboxylic acids is 1. The summed E-state index contributed by atoms with van der Waals surface area (Å²) < 4.78 is 7.50. The third-order valence-electron chi connectivity index (χ3n) is 7.19. The monoisotopic (exact) mass is 411 g/mol. The molecule has 3 heterocycles. The average Bonchev–Trinajstić information content (AvgIpc) is 3.11. The molecule has 2 fully saturated rings. The molecule has 0 spiro atoms. The normalized spacial score (nSPS) is 22.2. The lowest BCUT2D eigenvalue weighted by Crippen LogP contribution is -2.52. The Balaban J connectivity index is 1.41. The topological polar surface area (TPSA) is 37.7 Å². The number of hydrogen-bond donors (Lipinski definition) is 0. The van der Waals surface area contributed by atoms with Gasteiger partial charge in [-0.2, -0.15) is 0 Å². The molecule has 2 aromatic rings. The van der Waals surface area contributed by atoms with Gasteiger partial charge in [-0.25, -0.2) is 0 Å². The second kappa shape index (κ2) is 9.97. The van der Waals surface area contributed by atoms with Gasteiger partial charge in [0.1, 0.15) is 0 Å². The minimum Gasteiger partial charge on any atom is -0.383 e. The first-order valence-corrected chi connectivity index (χ1v) is 11.7. The van der Waals surface area contributed by atoms with Crippen molar-refractivity contribution in [2.24, 2.45) is 13.0 Å². The number of aryl methyl sites for hydroxylation is 2. The Hall–Kier alpha value is -1.85. The zero-order valence-corrected chi connectivity index (χ0v) is 18.7. The van der Waals surface area contributed by atoms with E-state index in [0.29, 0.717) is 31.5 Å². The highest BCUT2D eigenvalue weighted by Gasteiger charge is 2.34. The summed E-state index contributed by atoms with van der Waals surface area (Å²) in [6.07, 6.45) is 10.0. The molecule has 0 unspecified atom stereocenters. The number of benzene rings is 1. The van der Waals surface area contributed by atoms with E-state index in [2.05, 4.69) is 51.9 Å². The van der Waals surface area contributed by atoms with Gasteiger partial charge in [-0.1, -0.05) is 24.6 Å². The first-order chi connectivity index (χ1) is 14.7. The van der Waals surface area contributed by atoms with Crippen molar-refractivity contribution in [3.63, 3.8) is 0 Å². The molecule has 30 heavy (non-hydrogen) atoms. The molecule has 0 radical (unpaired) electrons. The van der Waals surface area contributed by atoms with Crippen LogP contribution in [0.25, 0.3) is 10.9 Å². The molecule has 0 N–H and O–H groups in total. The van der Waals surface area contributed by atoms with Crippen molar-refractivity contribution >= 4 is 16.8 Å². The number of amides is 1. The molecule has 4 rings (SSSR count). The molecule has 1 amide bonds. The van der Waals surface area contributed by atoms with Gasteiger partial charge in [0, 0.05) is 56.8 Å². The molecule has 2 aliphatic rings. The van der Waals surface area contributed by atoms with E-state index >= 15 is 0 Å². The molecule has 1 aromatic carbocycles. The molecular weight excluding hydrogens is 374 g/mol. The number of para-hydroxylation sites is 1. The van der Waals surface area contributed by atoms with Crippen molar-refractivity contribution in [3.05, 3.63) is 36.0 Å². The van der Waals surface area contributed by atoms with Crippen LogP contribution in [0.5, 0.6) is 0 Å². The van der Waals surface area contributed by atoms with Crippen molar-refractivity contribution in [1.82, 2.24) is 14.4 Å². The highest BCUT2D eigenvalue weighted by Crippen LogP contribution is 2.31. The van der Waals surface area contributed by atoms with Crippen LogP contribution >= 0.6 is 0 Å². The van der Waals surface area contributed by atoms with Gasteiger partial charge in [-0.3, -0.25) is 4.79 Å². The highest BCUT2D eigenvalue weighted by molar-refractivity contribution is 5.85. The quantitative estimate of drug-likeness (QED) is 0.662. The third kappa shape index (κ3) is 4.73. The van der Waals surface area contributed by atoms with E-state index in [-0.39, 0.29) is 5.91 Å². The predicted octanol–water partition coefficient (Wildman–Crippen LogP) is 3.85. The first-order valence-electron chi connectivity index (χ1n) is 11.7. The number of aromatic nitrogens is 1. The van der Waals surface area contributed by atoms with Crippen molar-refractivity contribution in [1.29, 1.82) is 0 Å². The lowest BCUT2D eigenvalue weighted by atomic mass is 9.83. The van der Waals surface area contributed by atoms with Gasteiger partial charge in [-0.05, 0) is 62.7 Å². The molecule has 0 aliphatic carbocycles. The number of nitrogens with zero attached hydrogens (tertiary/aromatic N) is 3. The van der Waals surface area contributed by atoms with Crippen molar-refractivity contribution < 1.29 is 9.53 Å². The van der Waals surface area contributed by atoms with Crippen LogP contribution in [0.3, 0.4) is 0 Å². The second-order valence-corrected chi connectivity index (χ2v) is 9.12. The van der Waals surface area contributed by atoms with Gasteiger partial charge in [0.25, 0.3) is 0 Å².